The molecule has 6 heteroatoms. The number of carbonyl (C=O) groups excluding carboxylic acids is 1. The van der Waals surface area contributed by atoms with Gasteiger partial charge in [-0.15, -0.1) is 0 Å². The van der Waals surface area contributed by atoms with Crippen LogP contribution in [0, 0.1) is 17.0 Å². The Labute approximate surface area is 119 Å². The van der Waals surface area contributed by atoms with Crippen molar-refractivity contribution < 1.29 is 9.72 Å². The third kappa shape index (κ3) is 3.94. The van der Waals surface area contributed by atoms with E-state index in [9.17, 15) is 14.9 Å². The molecule has 0 spiro atoms. The maximum atomic E-state index is 11.9. The molecular weight excluding hydrogens is 347 g/mol. The predicted molar refractivity (Wildman–Crippen MR) is 78.3 cm³/mol. The number of alkyl halides is 1. The number of benzene rings is 1. The first-order valence-corrected chi connectivity index (χ1v) is 7.18. The smallest absolute Gasteiger partial charge is 0.282 e. The van der Waals surface area contributed by atoms with E-state index in [1.165, 1.54) is 6.07 Å². The highest BCUT2D eigenvalue weighted by molar-refractivity contribution is 14.1. The molecule has 0 aromatic heterocycles. The molecule has 5 nitrogen and oxygen atoms in total. The highest BCUT2D eigenvalue weighted by atomic mass is 127. The van der Waals surface area contributed by atoms with Gasteiger partial charge in [-0.25, -0.2) is 0 Å². The van der Waals surface area contributed by atoms with Gasteiger partial charge < -0.3 is 5.32 Å². The van der Waals surface area contributed by atoms with Crippen LogP contribution in [0.2, 0.25) is 0 Å². The molecule has 0 aliphatic heterocycles. The Kier molecular flexibility index (Phi) is 6.03. The molecule has 0 heterocycles. The van der Waals surface area contributed by atoms with Crippen molar-refractivity contribution in [2.45, 2.75) is 19.8 Å². The van der Waals surface area contributed by atoms with Crippen LogP contribution >= 0.6 is 22.6 Å². The molecule has 0 bridgehead atoms. The largest absolute Gasteiger partial charge is 0.352 e. The van der Waals surface area contributed by atoms with Gasteiger partial charge in [-0.05, 0) is 29.8 Å². The number of rotatable bonds is 6. The second-order valence-corrected chi connectivity index (χ2v) is 4.96. The molecule has 1 aromatic carbocycles. The Morgan fingerprint density at radius 3 is 2.78 bits per heavy atom. The molecule has 1 N–H and O–H groups in total. The lowest BCUT2D eigenvalue weighted by Gasteiger charge is -2.07. The van der Waals surface area contributed by atoms with Gasteiger partial charge in [0.25, 0.3) is 11.6 Å². The Hall–Kier alpha value is -1.18. The summed E-state index contributed by atoms with van der Waals surface area (Å²) in [6, 6.07) is 4.64. The summed E-state index contributed by atoms with van der Waals surface area (Å²) in [6.45, 7) is 2.25. The quantitative estimate of drug-likeness (QED) is 0.278. The molecule has 1 amide bonds. The monoisotopic (exact) mass is 362 g/mol. The molecule has 0 saturated heterocycles. The van der Waals surface area contributed by atoms with Gasteiger partial charge in [0.2, 0.25) is 0 Å². The number of nitro benzene ring substituents is 1. The van der Waals surface area contributed by atoms with E-state index in [1.807, 2.05) is 0 Å². The van der Waals surface area contributed by atoms with Crippen LogP contribution in [0.3, 0.4) is 0 Å². The fourth-order valence-corrected chi connectivity index (χ4v) is 2.15. The van der Waals surface area contributed by atoms with Crippen molar-refractivity contribution in [2.24, 2.45) is 0 Å². The van der Waals surface area contributed by atoms with Gasteiger partial charge in [0, 0.05) is 12.6 Å². The molecular formula is C12H15IN2O3. The second kappa shape index (κ2) is 7.30. The number of hydrogen-bond donors (Lipinski definition) is 1. The Morgan fingerprint density at radius 1 is 1.44 bits per heavy atom. The predicted octanol–water partition coefficient (Wildman–Crippen LogP) is 2.85. The molecule has 0 fully saturated rings. The van der Waals surface area contributed by atoms with E-state index in [2.05, 4.69) is 27.9 Å². The maximum Gasteiger partial charge on any atom is 0.282 e. The van der Waals surface area contributed by atoms with Crippen LogP contribution in [0.5, 0.6) is 0 Å². The Balaban J connectivity index is 2.81. The average Bonchev–Trinajstić information content (AvgIpc) is 2.34. The van der Waals surface area contributed by atoms with Crippen LogP contribution in [0.15, 0.2) is 18.2 Å². The first-order valence-electron chi connectivity index (χ1n) is 5.66. The zero-order valence-corrected chi connectivity index (χ0v) is 12.3. The van der Waals surface area contributed by atoms with Crippen LogP contribution < -0.4 is 5.32 Å². The fraction of sp³-hybridized carbons (Fsp3) is 0.417. The number of nitrogens with zero attached hydrogens (tertiary/aromatic N) is 1. The third-order valence-electron chi connectivity index (χ3n) is 2.52. The minimum Gasteiger partial charge on any atom is -0.352 e. The van der Waals surface area contributed by atoms with Gasteiger partial charge in [0.15, 0.2) is 0 Å². The van der Waals surface area contributed by atoms with E-state index in [4.69, 9.17) is 0 Å². The van der Waals surface area contributed by atoms with Crippen molar-refractivity contribution in [3.63, 3.8) is 0 Å². The number of amides is 1. The van der Waals surface area contributed by atoms with Gasteiger partial charge in [-0.3, -0.25) is 14.9 Å². The first kappa shape index (κ1) is 14.9. The lowest BCUT2D eigenvalue weighted by molar-refractivity contribution is -0.385. The fourth-order valence-electron chi connectivity index (χ4n) is 1.61. The number of hydrogen-bond acceptors (Lipinski definition) is 3. The molecule has 0 saturated carbocycles. The topological polar surface area (TPSA) is 72.2 Å². The van der Waals surface area contributed by atoms with Crippen LogP contribution in [0.4, 0.5) is 5.69 Å². The van der Waals surface area contributed by atoms with Crippen molar-refractivity contribution in [1.29, 1.82) is 0 Å². The third-order valence-corrected chi connectivity index (χ3v) is 3.28. The minimum absolute atomic E-state index is 0.138. The van der Waals surface area contributed by atoms with Gasteiger partial charge in [-0.1, -0.05) is 34.7 Å². The average molecular weight is 362 g/mol. The van der Waals surface area contributed by atoms with Crippen molar-refractivity contribution in [2.75, 3.05) is 11.0 Å². The second-order valence-electron chi connectivity index (χ2n) is 3.88. The number of nitrogens with one attached hydrogen (secondary N) is 1. The summed E-state index contributed by atoms with van der Waals surface area (Å²) in [4.78, 5) is 22.3. The van der Waals surface area contributed by atoms with Crippen molar-refractivity contribution >= 4 is 34.2 Å². The van der Waals surface area contributed by atoms with Crippen molar-refractivity contribution in [1.82, 2.24) is 5.32 Å². The summed E-state index contributed by atoms with van der Waals surface area (Å²) in [5, 5.41) is 13.6. The summed E-state index contributed by atoms with van der Waals surface area (Å²) in [5.74, 6) is -0.367. The van der Waals surface area contributed by atoms with Crippen molar-refractivity contribution in [3.8, 4) is 0 Å². The van der Waals surface area contributed by atoms with Gasteiger partial charge in [0.05, 0.1) is 4.92 Å². The molecule has 1 rings (SSSR count). The van der Waals surface area contributed by atoms with Crippen LogP contribution in [0.25, 0.3) is 0 Å². The summed E-state index contributed by atoms with van der Waals surface area (Å²) < 4.78 is 1.04. The van der Waals surface area contributed by atoms with Gasteiger partial charge >= 0.3 is 0 Å². The lowest BCUT2D eigenvalue weighted by Crippen LogP contribution is -2.26. The maximum absolute atomic E-state index is 11.9. The summed E-state index contributed by atoms with van der Waals surface area (Å²) >= 11 is 2.27. The van der Waals surface area contributed by atoms with E-state index in [1.54, 1.807) is 19.1 Å². The molecule has 98 valence electrons. The summed E-state index contributed by atoms with van der Waals surface area (Å²) in [6.07, 6.45) is 1.91. The molecule has 0 radical (unpaired) electrons. The number of unbranched alkanes of at least 4 members (excludes halogenated alkanes) is 1. The van der Waals surface area contributed by atoms with Crippen molar-refractivity contribution in [3.05, 3.63) is 39.4 Å². The van der Waals surface area contributed by atoms with E-state index in [-0.39, 0.29) is 17.2 Å². The van der Waals surface area contributed by atoms with Gasteiger partial charge in [0.1, 0.15) is 5.56 Å². The zero-order chi connectivity index (χ0) is 13.5. The first-order chi connectivity index (χ1) is 8.57. The van der Waals surface area contributed by atoms with Gasteiger partial charge in [-0.2, -0.15) is 0 Å². The highest BCUT2D eigenvalue weighted by Gasteiger charge is 2.21. The molecule has 0 aliphatic rings. The summed E-state index contributed by atoms with van der Waals surface area (Å²) in [7, 11) is 0. The van der Waals surface area contributed by atoms with Crippen LogP contribution in [-0.2, 0) is 0 Å². The number of aryl methyl sites for hydroxylation is 1. The molecule has 0 aliphatic carbocycles. The summed E-state index contributed by atoms with van der Waals surface area (Å²) in [5.41, 5.74) is 0.647. The highest BCUT2D eigenvalue weighted by Crippen LogP contribution is 2.21. The van der Waals surface area contributed by atoms with E-state index in [0.29, 0.717) is 12.1 Å². The molecule has 0 unspecified atom stereocenters. The normalized spacial score (nSPS) is 10.1. The van der Waals surface area contributed by atoms with Crippen LogP contribution in [0.1, 0.15) is 28.8 Å². The number of carbonyl (C=O) groups is 1. The molecule has 0 atom stereocenters. The zero-order valence-electron chi connectivity index (χ0n) is 10.1. The number of halogens is 1. The molecule has 1 aromatic rings. The Bertz CT molecular complexity index is 449. The van der Waals surface area contributed by atoms with E-state index < -0.39 is 4.92 Å². The van der Waals surface area contributed by atoms with Crippen LogP contribution in [-0.4, -0.2) is 21.8 Å². The lowest BCUT2D eigenvalue weighted by atomic mass is 10.1. The van der Waals surface area contributed by atoms with E-state index >= 15 is 0 Å². The number of nitro groups is 1. The van der Waals surface area contributed by atoms with E-state index in [0.717, 1.165) is 17.3 Å². The molecule has 18 heavy (non-hydrogen) atoms. The SMILES string of the molecule is Cc1cccc([N+](=O)[O-])c1C(=O)NCCCCI. The standard InChI is InChI=1S/C12H15IN2O3/c1-9-5-4-6-10(15(17)18)11(9)12(16)14-8-3-2-7-13/h4-6H,2-3,7-8H2,1H3,(H,14,16). The Morgan fingerprint density at radius 2 is 2.17 bits per heavy atom. The minimum atomic E-state index is -0.521.